The molecule has 0 atom stereocenters. The van der Waals surface area contributed by atoms with E-state index in [2.05, 4.69) is 0 Å². The average Bonchev–Trinajstić information content (AvgIpc) is 2.53. The third-order valence-corrected chi connectivity index (χ3v) is 3.43. The summed E-state index contributed by atoms with van der Waals surface area (Å²) in [5.41, 5.74) is 3.48. The average molecular weight is 344 g/mol. The van der Waals surface area contributed by atoms with Crippen LogP contribution in [0.25, 0.3) is 12.2 Å². The molecule has 25 heavy (non-hydrogen) atoms. The summed E-state index contributed by atoms with van der Waals surface area (Å²) in [7, 11) is 0. The van der Waals surface area contributed by atoms with E-state index in [9.17, 15) is 30.3 Å². The largest absolute Gasteiger partial charge is 0.387 e. The second-order valence-electron chi connectivity index (χ2n) is 5.11. The summed E-state index contributed by atoms with van der Waals surface area (Å²) in [6.45, 7) is 1.88. The number of nitrogen functional groups attached to an aromatic ring is 1. The van der Waals surface area contributed by atoms with Crippen LogP contribution in [0.1, 0.15) is 16.7 Å². The molecule has 0 saturated heterocycles. The number of aryl methyl sites for hydroxylation is 1. The second kappa shape index (κ2) is 6.74. The first-order valence-corrected chi connectivity index (χ1v) is 6.86. The van der Waals surface area contributed by atoms with Crippen molar-refractivity contribution in [1.29, 1.82) is 0 Å². The Kier molecular flexibility index (Phi) is 4.73. The van der Waals surface area contributed by atoms with Gasteiger partial charge in [-0.25, -0.2) is 0 Å². The third kappa shape index (κ3) is 3.58. The fourth-order valence-corrected chi connectivity index (χ4v) is 2.19. The normalized spacial score (nSPS) is 10.8. The van der Waals surface area contributed by atoms with Gasteiger partial charge >= 0.3 is 11.4 Å². The van der Waals surface area contributed by atoms with E-state index >= 15 is 0 Å². The van der Waals surface area contributed by atoms with Crippen molar-refractivity contribution in [2.45, 2.75) is 6.92 Å². The lowest BCUT2D eigenvalue weighted by atomic mass is 10.0. The molecule has 2 aromatic rings. The van der Waals surface area contributed by atoms with Gasteiger partial charge in [-0.15, -0.1) is 0 Å². The van der Waals surface area contributed by atoms with E-state index in [4.69, 9.17) is 5.73 Å². The predicted octanol–water partition coefficient (Wildman–Crippen LogP) is 3.47. The van der Waals surface area contributed by atoms with Crippen LogP contribution in [0.4, 0.5) is 22.7 Å². The van der Waals surface area contributed by atoms with Crippen LogP contribution in [0.15, 0.2) is 30.3 Å². The summed E-state index contributed by atoms with van der Waals surface area (Å²) in [5, 5.41) is 33.5. The number of anilines is 1. The summed E-state index contributed by atoms with van der Waals surface area (Å²) in [5.74, 6) is 0. The molecule has 0 aromatic heterocycles. The summed E-state index contributed by atoms with van der Waals surface area (Å²) in [4.78, 5) is 30.6. The number of hydrogen-bond acceptors (Lipinski definition) is 7. The minimum Gasteiger partial charge on any atom is -0.387 e. The lowest BCUT2D eigenvalue weighted by Crippen LogP contribution is -2.05. The van der Waals surface area contributed by atoms with Crippen molar-refractivity contribution in [1.82, 2.24) is 0 Å². The van der Waals surface area contributed by atoms with Crippen molar-refractivity contribution < 1.29 is 14.8 Å². The smallest absolute Gasteiger partial charge is 0.313 e. The number of nitrogens with zero attached hydrogens (tertiary/aromatic N) is 3. The van der Waals surface area contributed by atoms with Crippen LogP contribution in [0.2, 0.25) is 0 Å². The van der Waals surface area contributed by atoms with E-state index in [0.717, 1.165) is 11.6 Å². The predicted molar refractivity (Wildman–Crippen MR) is 90.9 cm³/mol. The Hall–Kier alpha value is -3.82. The van der Waals surface area contributed by atoms with Gasteiger partial charge < -0.3 is 5.73 Å². The molecular weight excluding hydrogens is 332 g/mol. The van der Waals surface area contributed by atoms with Crippen LogP contribution in [-0.4, -0.2) is 14.8 Å². The number of nitro groups is 3. The van der Waals surface area contributed by atoms with E-state index in [0.29, 0.717) is 11.6 Å². The van der Waals surface area contributed by atoms with Crippen LogP contribution >= 0.6 is 0 Å². The Morgan fingerprint density at radius 3 is 1.92 bits per heavy atom. The zero-order valence-corrected chi connectivity index (χ0v) is 12.9. The first kappa shape index (κ1) is 17.5. The molecule has 0 unspecified atom stereocenters. The molecule has 0 fully saturated rings. The number of benzene rings is 2. The molecule has 0 aliphatic carbocycles. The zero-order chi connectivity index (χ0) is 18.7. The lowest BCUT2D eigenvalue weighted by molar-refractivity contribution is -0.402. The van der Waals surface area contributed by atoms with Gasteiger partial charge in [0.2, 0.25) is 0 Å². The molecule has 0 aliphatic rings. The molecule has 2 rings (SSSR count). The minimum absolute atomic E-state index is 0.404. The maximum Gasteiger partial charge on any atom is 0.313 e. The number of nitrogens with two attached hydrogens (primary N) is 1. The monoisotopic (exact) mass is 344 g/mol. The molecule has 0 saturated carbocycles. The SMILES string of the molecule is Cc1ccc(C=Cc2c([N+](=O)[O-])cc([N+](=O)[O-])c(N)c2[N+](=O)[O-])cc1. The summed E-state index contributed by atoms with van der Waals surface area (Å²) < 4.78 is 0. The van der Waals surface area contributed by atoms with Crippen LogP contribution in [0.3, 0.4) is 0 Å². The summed E-state index contributed by atoms with van der Waals surface area (Å²) in [6, 6.07) is 7.66. The van der Waals surface area contributed by atoms with E-state index in [1.165, 1.54) is 6.08 Å². The maximum absolute atomic E-state index is 11.3. The fraction of sp³-hybridized carbons (Fsp3) is 0.0667. The summed E-state index contributed by atoms with van der Waals surface area (Å²) >= 11 is 0. The molecular formula is C15H12N4O6. The molecule has 0 heterocycles. The first-order valence-electron chi connectivity index (χ1n) is 6.86. The molecule has 2 aromatic carbocycles. The van der Waals surface area contributed by atoms with Gasteiger partial charge in [0.25, 0.3) is 5.69 Å². The topological polar surface area (TPSA) is 155 Å². The van der Waals surface area contributed by atoms with E-state index < -0.39 is 43.1 Å². The van der Waals surface area contributed by atoms with Gasteiger partial charge in [-0.1, -0.05) is 35.9 Å². The fourth-order valence-electron chi connectivity index (χ4n) is 2.19. The van der Waals surface area contributed by atoms with Gasteiger partial charge in [-0.2, -0.15) is 0 Å². The van der Waals surface area contributed by atoms with Gasteiger partial charge in [0.05, 0.1) is 20.8 Å². The van der Waals surface area contributed by atoms with Crippen LogP contribution < -0.4 is 5.73 Å². The molecule has 0 radical (unpaired) electrons. The summed E-state index contributed by atoms with van der Waals surface area (Å²) in [6.07, 6.45) is 2.58. The van der Waals surface area contributed by atoms with Gasteiger partial charge in [0.15, 0.2) is 5.69 Å². The minimum atomic E-state index is -0.997. The van der Waals surface area contributed by atoms with E-state index in [1.807, 2.05) is 6.92 Å². The maximum atomic E-state index is 11.3. The molecule has 0 amide bonds. The highest BCUT2D eigenvalue weighted by molar-refractivity contribution is 5.88. The quantitative estimate of drug-likeness (QED) is 0.376. The van der Waals surface area contributed by atoms with Crippen LogP contribution in [-0.2, 0) is 0 Å². The van der Waals surface area contributed by atoms with Crippen LogP contribution in [0, 0.1) is 37.3 Å². The lowest BCUT2D eigenvalue weighted by Gasteiger charge is -2.04. The molecule has 10 heteroatoms. The Bertz CT molecular complexity index is 905. The van der Waals surface area contributed by atoms with Gasteiger partial charge in [-0.3, -0.25) is 30.3 Å². The number of nitro benzene ring substituents is 3. The van der Waals surface area contributed by atoms with Crippen molar-refractivity contribution in [2.24, 2.45) is 0 Å². The number of hydrogen-bond donors (Lipinski definition) is 1. The Labute approximate surface area is 140 Å². The van der Waals surface area contributed by atoms with Crippen molar-refractivity contribution in [2.75, 3.05) is 5.73 Å². The van der Waals surface area contributed by atoms with Crippen molar-refractivity contribution in [3.05, 3.63) is 77.4 Å². The first-order chi connectivity index (χ1) is 11.7. The third-order valence-electron chi connectivity index (χ3n) is 3.43. The van der Waals surface area contributed by atoms with E-state index in [1.54, 1.807) is 24.3 Å². The van der Waals surface area contributed by atoms with Crippen molar-refractivity contribution in [3.8, 4) is 0 Å². The highest BCUT2D eigenvalue weighted by atomic mass is 16.6. The van der Waals surface area contributed by atoms with Gasteiger partial charge in [0, 0.05) is 0 Å². The molecule has 0 aliphatic heterocycles. The Balaban J connectivity index is 2.71. The molecule has 10 nitrogen and oxygen atoms in total. The van der Waals surface area contributed by atoms with Crippen molar-refractivity contribution >= 4 is 34.9 Å². The molecule has 128 valence electrons. The zero-order valence-electron chi connectivity index (χ0n) is 12.9. The standard InChI is InChI=1S/C15H12N4O6/c1-9-2-4-10(5-3-9)6-7-11-12(17(20)21)8-13(18(22)23)14(16)15(11)19(24)25/h2-8H,16H2,1H3. The molecule has 0 spiro atoms. The Morgan fingerprint density at radius 1 is 0.880 bits per heavy atom. The second-order valence-corrected chi connectivity index (χ2v) is 5.11. The Morgan fingerprint density at radius 2 is 1.44 bits per heavy atom. The molecule has 2 N–H and O–H groups in total. The van der Waals surface area contributed by atoms with Crippen molar-refractivity contribution in [3.63, 3.8) is 0 Å². The number of rotatable bonds is 5. The highest BCUT2D eigenvalue weighted by Crippen LogP contribution is 2.41. The highest BCUT2D eigenvalue weighted by Gasteiger charge is 2.34. The molecule has 0 bridgehead atoms. The van der Waals surface area contributed by atoms with Gasteiger partial charge in [-0.05, 0) is 18.6 Å². The van der Waals surface area contributed by atoms with E-state index in [-0.39, 0.29) is 0 Å². The van der Waals surface area contributed by atoms with Crippen LogP contribution in [0.5, 0.6) is 0 Å². The van der Waals surface area contributed by atoms with Gasteiger partial charge in [0.1, 0.15) is 5.56 Å².